The van der Waals surface area contributed by atoms with Gasteiger partial charge in [0.25, 0.3) is 0 Å². The van der Waals surface area contributed by atoms with Crippen molar-refractivity contribution in [3.63, 3.8) is 0 Å². The summed E-state index contributed by atoms with van der Waals surface area (Å²) in [6.07, 6.45) is 13.6. The van der Waals surface area contributed by atoms with Crippen LogP contribution in [0, 0.1) is 0 Å². The molecule has 0 fully saturated rings. The molecule has 0 saturated carbocycles. The van der Waals surface area contributed by atoms with E-state index in [0.717, 1.165) is 9.93 Å². The molecule has 3 nitrogen and oxygen atoms in total. The molecule has 0 saturated heterocycles. The minimum atomic E-state index is 0.523. The van der Waals surface area contributed by atoms with Gasteiger partial charge >= 0.3 is 0 Å². The molecule has 1 aromatic rings. The summed E-state index contributed by atoms with van der Waals surface area (Å²) in [5.41, 5.74) is 0. The van der Waals surface area contributed by atoms with Gasteiger partial charge in [0.1, 0.15) is 4.60 Å². The number of hydrogen-bond donors (Lipinski definition) is 0. The molecule has 19 heavy (non-hydrogen) atoms. The fourth-order valence-corrected chi connectivity index (χ4v) is 2.98. The van der Waals surface area contributed by atoms with Gasteiger partial charge in [-0.15, -0.1) is 5.10 Å². The van der Waals surface area contributed by atoms with Crippen LogP contribution in [0.2, 0.25) is 0 Å². The third-order valence-electron chi connectivity index (χ3n) is 3.42. The molecule has 1 rings (SSSR count). The number of halogens is 2. The van der Waals surface area contributed by atoms with Crippen molar-refractivity contribution in [2.45, 2.75) is 70.8 Å². The normalized spacial score (nSPS) is 12.8. The van der Waals surface area contributed by atoms with Gasteiger partial charge in [-0.3, -0.25) is 0 Å². The van der Waals surface area contributed by atoms with Crippen LogP contribution >= 0.6 is 31.9 Å². The highest BCUT2D eigenvalue weighted by Crippen LogP contribution is 2.23. The third-order valence-corrected chi connectivity index (χ3v) is 4.34. The average Bonchev–Trinajstić information content (AvgIpc) is 2.83. The number of unbranched alkanes of at least 4 members (excludes halogenated alkanes) is 5. The van der Waals surface area contributed by atoms with Crippen molar-refractivity contribution in [1.82, 2.24) is 15.0 Å². The van der Waals surface area contributed by atoms with E-state index in [1.807, 2.05) is 10.9 Å². The van der Waals surface area contributed by atoms with Crippen LogP contribution in [0.1, 0.15) is 70.8 Å². The van der Waals surface area contributed by atoms with Crippen LogP contribution in [0.4, 0.5) is 0 Å². The Bertz CT molecular complexity index is 328. The van der Waals surface area contributed by atoms with E-state index in [1.54, 1.807) is 0 Å². The molecule has 0 aliphatic heterocycles. The van der Waals surface area contributed by atoms with Crippen LogP contribution in [0.5, 0.6) is 0 Å². The number of hydrogen-bond acceptors (Lipinski definition) is 2. The van der Waals surface area contributed by atoms with E-state index in [9.17, 15) is 0 Å². The lowest BCUT2D eigenvalue weighted by Crippen LogP contribution is -2.10. The Morgan fingerprint density at radius 1 is 1.11 bits per heavy atom. The van der Waals surface area contributed by atoms with Crippen molar-refractivity contribution in [2.75, 3.05) is 5.33 Å². The second-order valence-electron chi connectivity index (χ2n) is 5.06. The Morgan fingerprint density at radius 2 is 1.79 bits per heavy atom. The molecule has 0 aliphatic rings. The second kappa shape index (κ2) is 10.8. The van der Waals surface area contributed by atoms with E-state index in [-0.39, 0.29) is 0 Å². The van der Waals surface area contributed by atoms with Crippen LogP contribution in [-0.4, -0.2) is 20.3 Å². The first kappa shape index (κ1) is 17.2. The van der Waals surface area contributed by atoms with Gasteiger partial charge in [0.05, 0.1) is 12.2 Å². The molecular weight excluding hydrogens is 370 g/mol. The average molecular weight is 395 g/mol. The topological polar surface area (TPSA) is 30.7 Å². The fourth-order valence-electron chi connectivity index (χ4n) is 2.30. The highest BCUT2D eigenvalue weighted by atomic mass is 79.9. The van der Waals surface area contributed by atoms with Crippen molar-refractivity contribution in [3.8, 4) is 0 Å². The molecule has 5 heteroatoms. The van der Waals surface area contributed by atoms with Gasteiger partial charge in [-0.1, -0.05) is 66.6 Å². The van der Waals surface area contributed by atoms with Crippen LogP contribution in [0.25, 0.3) is 0 Å². The number of nitrogens with zero attached hydrogens (tertiary/aromatic N) is 3. The molecule has 0 N–H and O–H groups in total. The molecular formula is C14H25Br2N3. The standard InChI is InChI=1S/C14H25Br2N3/c1-2-3-6-9-13(10-7-4-5-8-11-15)19-12-14(16)17-18-19/h12-13H,2-11H2,1H3. The summed E-state index contributed by atoms with van der Waals surface area (Å²) < 4.78 is 2.89. The summed E-state index contributed by atoms with van der Waals surface area (Å²) in [6, 6.07) is 0.523. The van der Waals surface area contributed by atoms with E-state index in [4.69, 9.17) is 0 Å². The predicted molar refractivity (Wildman–Crippen MR) is 87.8 cm³/mol. The van der Waals surface area contributed by atoms with Crippen molar-refractivity contribution in [1.29, 1.82) is 0 Å². The summed E-state index contributed by atoms with van der Waals surface area (Å²) in [6.45, 7) is 2.25. The molecule has 1 unspecified atom stereocenters. The number of rotatable bonds is 11. The fraction of sp³-hybridized carbons (Fsp3) is 0.857. The predicted octanol–water partition coefficient (Wildman–Crippen LogP) is 5.51. The quantitative estimate of drug-likeness (QED) is 0.366. The number of alkyl halides is 1. The zero-order valence-electron chi connectivity index (χ0n) is 11.8. The zero-order chi connectivity index (χ0) is 13.9. The maximum absolute atomic E-state index is 4.22. The molecule has 0 aliphatic carbocycles. The van der Waals surface area contributed by atoms with Gasteiger partial charge in [0, 0.05) is 5.33 Å². The van der Waals surface area contributed by atoms with Crippen LogP contribution in [0.15, 0.2) is 10.8 Å². The molecule has 0 radical (unpaired) electrons. The first-order chi connectivity index (χ1) is 9.27. The Balaban J connectivity index is 2.36. The molecule has 1 atom stereocenters. The maximum atomic E-state index is 4.22. The van der Waals surface area contributed by atoms with E-state index in [1.165, 1.54) is 57.8 Å². The van der Waals surface area contributed by atoms with E-state index in [0.29, 0.717) is 6.04 Å². The molecule has 1 aromatic heterocycles. The van der Waals surface area contributed by atoms with E-state index in [2.05, 4.69) is 49.1 Å². The molecule has 0 amide bonds. The van der Waals surface area contributed by atoms with Gasteiger partial charge in [-0.2, -0.15) is 0 Å². The Hall–Kier alpha value is 0.1000. The lowest BCUT2D eigenvalue weighted by molar-refractivity contribution is 0.363. The summed E-state index contributed by atoms with van der Waals surface area (Å²) >= 11 is 6.87. The second-order valence-corrected chi connectivity index (χ2v) is 6.67. The van der Waals surface area contributed by atoms with Crippen LogP contribution < -0.4 is 0 Å². The largest absolute Gasteiger partial charge is 0.248 e. The highest BCUT2D eigenvalue weighted by molar-refractivity contribution is 9.10. The lowest BCUT2D eigenvalue weighted by atomic mass is 10.0. The van der Waals surface area contributed by atoms with E-state index < -0.39 is 0 Å². The van der Waals surface area contributed by atoms with Gasteiger partial charge in [0.2, 0.25) is 0 Å². The molecule has 0 aromatic carbocycles. The van der Waals surface area contributed by atoms with Crippen LogP contribution in [-0.2, 0) is 0 Å². The van der Waals surface area contributed by atoms with Gasteiger partial charge in [-0.25, -0.2) is 4.68 Å². The minimum Gasteiger partial charge on any atom is -0.248 e. The van der Waals surface area contributed by atoms with E-state index >= 15 is 0 Å². The highest BCUT2D eigenvalue weighted by Gasteiger charge is 2.12. The zero-order valence-corrected chi connectivity index (χ0v) is 15.0. The lowest BCUT2D eigenvalue weighted by Gasteiger charge is -2.16. The van der Waals surface area contributed by atoms with Crippen molar-refractivity contribution in [2.24, 2.45) is 0 Å². The Kier molecular flexibility index (Phi) is 9.78. The van der Waals surface area contributed by atoms with Crippen LogP contribution in [0.3, 0.4) is 0 Å². The summed E-state index contributed by atoms with van der Waals surface area (Å²) in [5.74, 6) is 0. The van der Waals surface area contributed by atoms with Gasteiger partial charge in [-0.05, 0) is 35.2 Å². The molecule has 0 bridgehead atoms. The maximum Gasteiger partial charge on any atom is 0.148 e. The number of aromatic nitrogens is 3. The molecule has 0 spiro atoms. The Labute approximate surface area is 133 Å². The smallest absolute Gasteiger partial charge is 0.148 e. The monoisotopic (exact) mass is 393 g/mol. The van der Waals surface area contributed by atoms with Crippen molar-refractivity contribution in [3.05, 3.63) is 10.8 Å². The molecule has 110 valence electrons. The summed E-state index contributed by atoms with van der Waals surface area (Å²) in [4.78, 5) is 0. The SMILES string of the molecule is CCCCCC(CCCCCCBr)n1cc(Br)nn1. The third kappa shape index (κ3) is 7.45. The minimum absolute atomic E-state index is 0.523. The van der Waals surface area contributed by atoms with Crippen molar-refractivity contribution < 1.29 is 0 Å². The first-order valence-electron chi connectivity index (χ1n) is 7.41. The molecule has 1 heterocycles. The summed E-state index contributed by atoms with van der Waals surface area (Å²) in [5, 5.41) is 9.40. The Morgan fingerprint density at radius 3 is 2.37 bits per heavy atom. The van der Waals surface area contributed by atoms with Gasteiger partial charge < -0.3 is 0 Å². The van der Waals surface area contributed by atoms with Crippen molar-refractivity contribution >= 4 is 31.9 Å². The first-order valence-corrected chi connectivity index (χ1v) is 9.32. The van der Waals surface area contributed by atoms with Gasteiger partial charge in [0.15, 0.2) is 0 Å². The summed E-state index contributed by atoms with van der Waals surface area (Å²) in [7, 11) is 0.